The Labute approximate surface area is 174 Å². The van der Waals surface area contributed by atoms with E-state index in [4.69, 9.17) is 23.2 Å². The summed E-state index contributed by atoms with van der Waals surface area (Å²) >= 11 is 13.4. The maximum absolute atomic E-state index is 12.8. The molecule has 1 aromatic carbocycles. The van der Waals surface area contributed by atoms with Crippen LogP contribution in [0.2, 0.25) is 10.0 Å². The summed E-state index contributed by atoms with van der Waals surface area (Å²) in [5.74, 6) is -0.413. The van der Waals surface area contributed by atoms with Crippen molar-refractivity contribution in [2.45, 2.75) is 32.2 Å². The van der Waals surface area contributed by atoms with E-state index in [1.807, 2.05) is 0 Å². The van der Waals surface area contributed by atoms with Crippen LogP contribution in [-0.2, 0) is 24.2 Å². The minimum atomic E-state index is -0.413. The number of hydrogen-bond donors (Lipinski definition) is 1. The zero-order valence-electron chi connectivity index (χ0n) is 14.7. The molecule has 0 saturated carbocycles. The van der Waals surface area contributed by atoms with E-state index in [1.165, 1.54) is 22.0 Å². The van der Waals surface area contributed by atoms with Crippen LogP contribution >= 0.6 is 34.5 Å². The van der Waals surface area contributed by atoms with Crippen molar-refractivity contribution in [3.05, 3.63) is 60.9 Å². The van der Waals surface area contributed by atoms with E-state index in [0.29, 0.717) is 21.0 Å². The molecule has 0 aliphatic heterocycles. The van der Waals surface area contributed by atoms with Gasteiger partial charge in [0.25, 0.3) is 11.5 Å². The molecule has 28 heavy (non-hydrogen) atoms. The van der Waals surface area contributed by atoms with E-state index in [0.717, 1.165) is 36.1 Å². The summed E-state index contributed by atoms with van der Waals surface area (Å²) in [5, 5.41) is 5.41. The number of thiophene rings is 1. The molecule has 0 bridgehead atoms. The lowest BCUT2D eigenvalue weighted by Crippen LogP contribution is -2.30. The number of carbonyl (C=O) groups is 1. The molecule has 9 heteroatoms. The van der Waals surface area contributed by atoms with Crippen molar-refractivity contribution in [3.8, 4) is 0 Å². The molecular formula is C19H16Cl2N4O2S. The first kappa shape index (κ1) is 19.1. The Morgan fingerprint density at radius 3 is 2.93 bits per heavy atom. The number of rotatable bonds is 4. The van der Waals surface area contributed by atoms with Gasteiger partial charge in [-0.2, -0.15) is 5.10 Å². The van der Waals surface area contributed by atoms with Gasteiger partial charge < -0.3 is 0 Å². The molecule has 1 aliphatic rings. The van der Waals surface area contributed by atoms with Gasteiger partial charge in [-0.3, -0.25) is 14.2 Å². The maximum atomic E-state index is 12.8. The Morgan fingerprint density at radius 2 is 2.11 bits per heavy atom. The number of benzene rings is 1. The Hall–Kier alpha value is -2.22. The molecule has 3 aromatic rings. The molecule has 0 atom stereocenters. The quantitative estimate of drug-likeness (QED) is 0.501. The highest BCUT2D eigenvalue weighted by atomic mass is 35.5. The fraction of sp³-hybridized carbons (Fsp3) is 0.263. The summed E-state index contributed by atoms with van der Waals surface area (Å²) in [4.78, 5) is 31.4. The molecule has 144 valence electrons. The summed E-state index contributed by atoms with van der Waals surface area (Å²) in [6.45, 7) is -0.148. The number of nitrogens with one attached hydrogen (secondary N) is 1. The third-order valence-electron chi connectivity index (χ3n) is 4.60. The summed E-state index contributed by atoms with van der Waals surface area (Å²) in [5.41, 5.74) is 4.04. The van der Waals surface area contributed by atoms with Crippen LogP contribution in [-0.4, -0.2) is 21.7 Å². The number of halogens is 2. The molecule has 1 N–H and O–H groups in total. The molecule has 2 heterocycles. The van der Waals surface area contributed by atoms with Gasteiger partial charge in [0, 0.05) is 4.88 Å². The fourth-order valence-corrected chi connectivity index (χ4v) is 4.78. The minimum Gasteiger partial charge on any atom is -0.289 e. The predicted octanol–water partition coefficient (Wildman–Crippen LogP) is 3.79. The Bertz CT molecular complexity index is 1150. The smallest absolute Gasteiger partial charge is 0.262 e. The second kappa shape index (κ2) is 8.03. The molecule has 2 aromatic heterocycles. The molecule has 0 spiro atoms. The minimum absolute atomic E-state index is 0.148. The lowest BCUT2D eigenvalue weighted by atomic mass is 9.97. The topological polar surface area (TPSA) is 76.3 Å². The molecule has 6 nitrogen and oxygen atoms in total. The largest absolute Gasteiger partial charge is 0.289 e. The molecule has 0 fully saturated rings. The molecule has 1 aliphatic carbocycles. The number of nitrogens with zero attached hydrogens (tertiary/aromatic N) is 3. The highest BCUT2D eigenvalue weighted by Crippen LogP contribution is 2.33. The van der Waals surface area contributed by atoms with Crippen molar-refractivity contribution in [1.82, 2.24) is 15.0 Å². The molecule has 1 amide bonds. The SMILES string of the molecule is O=C(Cn1cnc2sc3c(c2c1=O)CCCC3)N/N=C\c1ccc(Cl)c(Cl)c1. The number of amides is 1. The second-order valence-corrected chi connectivity index (χ2v) is 8.43. The van der Waals surface area contributed by atoms with Crippen LogP contribution in [0.1, 0.15) is 28.8 Å². The first-order chi connectivity index (χ1) is 13.5. The van der Waals surface area contributed by atoms with Crippen molar-refractivity contribution in [2.75, 3.05) is 0 Å². The summed E-state index contributed by atoms with van der Waals surface area (Å²) in [7, 11) is 0. The van der Waals surface area contributed by atoms with Gasteiger partial charge in [0.2, 0.25) is 0 Å². The number of carbonyl (C=O) groups excluding carboxylic acids is 1. The van der Waals surface area contributed by atoms with Gasteiger partial charge in [0.1, 0.15) is 11.4 Å². The van der Waals surface area contributed by atoms with Gasteiger partial charge in [-0.25, -0.2) is 10.4 Å². The normalized spacial score (nSPS) is 13.8. The van der Waals surface area contributed by atoms with Gasteiger partial charge in [-0.1, -0.05) is 29.3 Å². The van der Waals surface area contributed by atoms with Crippen LogP contribution in [0.3, 0.4) is 0 Å². The van der Waals surface area contributed by atoms with Crippen LogP contribution in [0, 0.1) is 0 Å². The lowest BCUT2D eigenvalue weighted by Gasteiger charge is -2.10. The van der Waals surface area contributed by atoms with Gasteiger partial charge in [-0.05, 0) is 48.9 Å². The van der Waals surface area contributed by atoms with Crippen LogP contribution in [0.4, 0.5) is 0 Å². The lowest BCUT2D eigenvalue weighted by molar-refractivity contribution is -0.121. The zero-order chi connectivity index (χ0) is 19.7. The Kier molecular flexibility index (Phi) is 5.48. The van der Waals surface area contributed by atoms with Crippen molar-refractivity contribution < 1.29 is 4.79 Å². The van der Waals surface area contributed by atoms with Crippen molar-refractivity contribution >= 4 is 56.9 Å². The van der Waals surface area contributed by atoms with Crippen molar-refractivity contribution in [1.29, 1.82) is 0 Å². The highest BCUT2D eigenvalue weighted by Gasteiger charge is 2.20. The number of fused-ring (bicyclic) bond motifs is 3. The summed E-state index contributed by atoms with van der Waals surface area (Å²) in [6, 6.07) is 5.02. The van der Waals surface area contributed by atoms with E-state index in [1.54, 1.807) is 29.5 Å². The molecular weight excluding hydrogens is 419 g/mol. The highest BCUT2D eigenvalue weighted by molar-refractivity contribution is 7.18. The Balaban J connectivity index is 1.49. The average Bonchev–Trinajstić information content (AvgIpc) is 3.06. The second-order valence-electron chi connectivity index (χ2n) is 6.54. The summed E-state index contributed by atoms with van der Waals surface area (Å²) < 4.78 is 1.33. The van der Waals surface area contributed by atoms with Crippen molar-refractivity contribution in [2.24, 2.45) is 5.10 Å². The van der Waals surface area contributed by atoms with Crippen molar-refractivity contribution in [3.63, 3.8) is 0 Å². The zero-order valence-corrected chi connectivity index (χ0v) is 17.1. The number of hydrazone groups is 1. The van der Waals surface area contributed by atoms with Crippen LogP contribution in [0.25, 0.3) is 10.2 Å². The van der Waals surface area contributed by atoms with Crippen LogP contribution < -0.4 is 11.0 Å². The molecule has 0 radical (unpaired) electrons. The molecule has 0 saturated heterocycles. The predicted molar refractivity (Wildman–Crippen MR) is 113 cm³/mol. The van der Waals surface area contributed by atoms with Gasteiger partial charge >= 0.3 is 0 Å². The van der Waals surface area contributed by atoms with Crippen LogP contribution in [0.15, 0.2) is 34.4 Å². The molecule has 0 unspecified atom stereocenters. The van der Waals surface area contributed by atoms with Crippen LogP contribution in [0.5, 0.6) is 0 Å². The third-order valence-corrected chi connectivity index (χ3v) is 6.54. The van der Waals surface area contributed by atoms with Gasteiger partial charge in [0.15, 0.2) is 0 Å². The third kappa shape index (κ3) is 3.83. The Morgan fingerprint density at radius 1 is 1.29 bits per heavy atom. The fourth-order valence-electron chi connectivity index (χ4n) is 3.26. The molecule has 4 rings (SSSR count). The first-order valence-electron chi connectivity index (χ1n) is 8.79. The number of aryl methyl sites for hydroxylation is 2. The maximum Gasteiger partial charge on any atom is 0.262 e. The van der Waals surface area contributed by atoms with E-state index >= 15 is 0 Å². The van der Waals surface area contributed by atoms with Gasteiger partial charge in [-0.15, -0.1) is 11.3 Å². The number of hydrogen-bond acceptors (Lipinski definition) is 5. The van der Waals surface area contributed by atoms with Gasteiger partial charge in [0.05, 0.1) is 28.0 Å². The standard InChI is InChI=1S/C19H16Cl2N4O2S/c20-13-6-5-11(7-14(13)21)8-23-24-16(26)9-25-10-22-18-17(19(25)27)12-3-1-2-4-15(12)28-18/h5-8,10H,1-4,9H2,(H,24,26)/b23-8-. The summed E-state index contributed by atoms with van der Waals surface area (Å²) in [6.07, 6.45) is 7.01. The number of aromatic nitrogens is 2. The van der Waals surface area contributed by atoms with E-state index in [9.17, 15) is 9.59 Å². The first-order valence-corrected chi connectivity index (χ1v) is 10.4. The van der Waals surface area contributed by atoms with E-state index in [-0.39, 0.29) is 12.1 Å². The monoisotopic (exact) mass is 434 g/mol. The van der Waals surface area contributed by atoms with E-state index in [2.05, 4.69) is 15.5 Å². The average molecular weight is 435 g/mol. The van der Waals surface area contributed by atoms with E-state index < -0.39 is 5.91 Å².